The first-order chi connectivity index (χ1) is 8.92. The summed E-state index contributed by atoms with van der Waals surface area (Å²) in [5.74, 6) is -1.27. The number of rotatable bonds is 3. The number of aliphatic carboxylic acids is 1. The first-order valence-corrected chi connectivity index (χ1v) is 5.77. The van der Waals surface area contributed by atoms with E-state index in [1.165, 1.54) is 6.07 Å². The molecule has 5 nitrogen and oxygen atoms in total. The van der Waals surface area contributed by atoms with Crippen LogP contribution in [-0.4, -0.2) is 17.7 Å². The number of nitrogen functional groups attached to an aromatic ring is 1. The lowest BCUT2D eigenvalue weighted by molar-refractivity contribution is -0.132. The monoisotopic (exact) mass is 282 g/mol. The fourth-order valence-electron chi connectivity index (χ4n) is 0.930. The minimum atomic E-state index is -1.27. The van der Waals surface area contributed by atoms with Gasteiger partial charge in [0.2, 0.25) is 0 Å². The Hall–Kier alpha value is -2.19. The minimum Gasteiger partial charge on any atom is -0.500 e. The molecular formula is C13H15ClN2O3. The van der Waals surface area contributed by atoms with Gasteiger partial charge in [0.25, 0.3) is 0 Å². The molecule has 0 bridgehead atoms. The molecule has 0 radical (unpaired) electrons. The van der Waals surface area contributed by atoms with E-state index in [1.807, 2.05) is 13.0 Å². The lowest BCUT2D eigenvalue weighted by Gasteiger charge is -1.97. The van der Waals surface area contributed by atoms with Gasteiger partial charge in [-0.1, -0.05) is 11.6 Å². The summed E-state index contributed by atoms with van der Waals surface area (Å²) < 4.78 is 4.58. The van der Waals surface area contributed by atoms with Crippen molar-refractivity contribution >= 4 is 23.3 Å². The van der Waals surface area contributed by atoms with E-state index < -0.39 is 5.97 Å². The number of carboxylic acids is 1. The van der Waals surface area contributed by atoms with Crippen LogP contribution in [0.25, 0.3) is 0 Å². The zero-order valence-corrected chi connectivity index (χ0v) is 11.4. The Labute approximate surface area is 116 Å². The summed E-state index contributed by atoms with van der Waals surface area (Å²) in [5.41, 5.74) is 6.96. The maximum absolute atomic E-state index is 10.1. The number of benzene rings is 1. The molecule has 0 saturated carbocycles. The van der Waals surface area contributed by atoms with Crippen LogP contribution in [0.5, 0.6) is 0 Å². The molecule has 0 aliphatic heterocycles. The van der Waals surface area contributed by atoms with Crippen LogP contribution in [-0.2, 0) is 9.53 Å². The highest BCUT2D eigenvalue weighted by Crippen LogP contribution is 2.15. The molecule has 0 aliphatic carbocycles. The fourth-order valence-corrected chi connectivity index (χ4v) is 1.16. The maximum Gasteiger partial charge on any atom is 0.349 e. The molecule has 0 aromatic heterocycles. The Morgan fingerprint density at radius 2 is 2.26 bits per heavy atom. The van der Waals surface area contributed by atoms with Crippen molar-refractivity contribution in [1.29, 1.82) is 5.26 Å². The van der Waals surface area contributed by atoms with Gasteiger partial charge in [-0.25, -0.2) is 4.79 Å². The molecular weight excluding hydrogens is 268 g/mol. The van der Waals surface area contributed by atoms with Crippen LogP contribution in [0.1, 0.15) is 12.5 Å². The lowest BCUT2D eigenvalue weighted by atomic mass is 10.2. The van der Waals surface area contributed by atoms with E-state index >= 15 is 0 Å². The van der Waals surface area contributed by atoms with Gasteiger partial charge in [-0.2, -0.15) is 5.26 Å². The van der Waals surface area contributed by atoms with Gasteiger partial charge in [-0.05, 0) is 37.6 Å². The molecule has 1 aromatic carbocycles. The van der Waals surface area contributed by atoms with Crippen LogP contribution in [0.4, 0.5) is 5.69 Å². The Morgan fingerprint density at radius 3 is 2.63 bits per heavy atom. The van der Waals surface area contributed by atoms with Crippen molar-refractivity contribution in [2.24, 2.45) is 0 Å². The van der Waals surface area contributed by atoms with Gasteiger partial charge in [-0.3, -0.25) is 0 Å². The number of hydrogen-bond acceptors (Lipinski definition) is 4. The number of carboxylic acid groups (broad SMARTS) is 1. The lowest BCUT2D eigenvalue weighted by Crippen LogP contribution is -1.98. The molecule has 102 valence electrons. The Bertz CT molecular complexity index is 507. The molecule has 0 unspecified atom stereocenters. The zero-order chi connectivity index (χ0) is 14.8. The number of nitriles is 1. The predicted molar refractivity (Wildman–Crippen MR) is 73.6 cm³/mol. The Morgan fingerprint density at radius 1 is 1.63 bits per heavy atom. The molecule has 6 heteroatoms. The molecule has 1 rings (SSSR count). The van der Waals surface area contributed by atoms with E-state index in [9.17, 15) is 4.79 Å². The SMILES string of the molecule is CCO/C=C(/C#N)C(=O)O.Cc1cc(Cl)ccc1N. The van der Waals surface area contributed by atoms with Gasteiger partial charge in [0.1, 0.15) is 12.3 Å². The second-order valence-electron chi connectivity index (χ2n) is 3.40. The van der Waals surface area contributed by atoms with Gasteiger partial charge in [0.05, 0.1) is 6.61 Å². The Balaban J connectivity index is 0.000000342. The van der Waals surface area contributed by atoms with Crippen LogP contribution in [0.2, 0.25) is 5.02 Å². The molecule has 0 spiro atoms. The van der Waals surface area contributed by atoms with Crippen LogP contribution in [0, 0.1) is 18.3 Å². The van der Waals surface area contributed by atoms with Crippen LogP contribution >= 0.6 is 11.6 Å². The highest BCUT2D eigenvalue weighted by Gasteiger charge is 2.04. The van der Waals surface area contributed by atoms with Crippen LogP contribution < -0.4 is 5.73 Å². The molecule has 0 aliphatic rings. The van der Waals surface area contributed by atoms with E-state index in [0.717, 1.165) is 22.5 Å². The first kappa shape index (κ1) is 16.8. The summed E-state index contributed by atoms with van der Waals surface area (Å²) in [6.45, 7) is 3.99. The summed E-state index contributed by atoms with van der Waals surface area (Å²) in [4.78, 5) is 10.1. The predicted octanol–water partition coefficient (Wildman–Crippen LogP) is 2.75. The summed E-state index contributed by atoms with van der Waals surface area (Å²) in [5, 5.41) is 17.1. The molecule has 0 heterocycles. The molecule has 3 N–H and O–H groups in total. The first-order valence-electron chi connectivity index (χ1n) is 5.39. The van der Waals surface area contributed by atoms with Gasteiger partial charge in [0.15, 0.2) is 5.57 Å². The highest BCUT2D eigenvalue weighted by molar-refractivity contribution is 6.30. The van der Waals surface area contributed by atoms with Crippen LogP contribution in [0.3, 0.4) is 0 Å². The number of nitrogens with two attached hydrogens (primary N) is 1. The number of nitrogens with zero attached hydrogens (tertiary/aromatic N) is 1. The fraction of sp³-hybridized carbons (Fsp3) is 0.231. The summed E-state index contributed by atoms with van der Waals surface area (Å²) >= 11 is 5.66. The smallest absolute Gasteiger partial charge is 0.349 e. The standard InChI is InChI=1S/C7H8ClN.C6H7NO3/c1-5-4-6(8)2-3-7(5)9;1-2-10-4-5(3-7)6(8)9/h2-4H,9H2,1H3;4H,2H2,1H3,(H,8,9)/b;5-4-. The maximum atomic E-state index is 10.1. The van der Waals surface area contributed by atoms with E-state index in [1.54, 1.807) is 19.1 Å². The zero-order valence-electron chi connectivity index (χ0n) is 10.7. The molecule has 0 atom stereocenters. The van der Waals surface area contributed by atoms with Crippen molar-refractivity contribution in [3.05, 3.63) is 40.6 Å². The van der Waals surface area contributed by atoms with Gasteiger partial charge in [-0.15, -0.1) is 0 Å². The van der Waals surface area contributed by atoms with Crippen molar-refractivity contribution in [3.8, 4) is 6.07 Å². The second kappa shape index (κ2) is 8.84. The topological polar surface area (TPSA) is 96.3 Å². The van der Waals surface area contributed by atoms with Gasteiger partial charge in [0, 0.05) is 10.7 Å². The quantitative estimate of drug-likeness (QED) is 0.384. The number of aryl methyl sites for hydroxylation is 1. The second-order valence-corrected chi connectivity index (χ2v) is 3.84. The highest BCUT2D eigenvalue weighted by atomic mass is 35.5. The van der Waals surface area contributed by atoms with E-state index in [2.05, 4.69) is 4.74 Å². The normalized spacial score (nSPS) is 9.89. The third kappa shape index (κ3) is 6.96. The van der Waals surface area contributed by atoms with Crippen molar-refractivity contribution < 1.29 is 14.6 Å². The molecule has 19 heavy (non-hydrogen) atoms. The third-order valence-electron chi connectivity index (χ3n) is 1.95. The van der Waals surface area contributed by atoms with Crippen molar-refractivity contribution in [1.82, 2.24) is 0 Å². The average molecular weight is 283 g/mol. The summed E-state index contributed by atoms with van der Waals surface area (Å²) in [7, 11) is 0. The van der Waals surface area contributed by atoms with Crippen LogP contribution in [0.15, 0.2) is 30.0 Å². The number of anilines is 1. The number of ether oxygens (including phenoxy) is 1. The van der Waals surface area contributed by atoms with Gasteiger partial charge >= 0.3 is 5.97 Å². The summed E-state index contributed by atoms with van der Waals surface area (Å²) in [6, 6.07) is 6.90. The molecule has 0 amide bonds. The van der Waals surface area contributed by atoms with E-state index in [4.69, 9.17) is 27.7 Å². The summed E-state index contributed by atoms with van der Waals surface area (Å²) in [6.07, 6.45) is 0.933. The molecule has 1 aromatic rings. The minimum absolute atomic E-state index is 0.360. The largest absolute Gasteiger partial charge is 0.500 e. The van der Waals surface area contributed by atoms with Crippen molar-refractivity contribution in [2.75, 3.05) is 12.3 Å². The Kier molecular flexibility index (Phi) is 7.82. The van der Waals surface area contributed by atoms with Crippen molar-refractivity contribution in [3.63, 3.8) is 0 Å². The number of halogens is 1. The van der Waals surface area contributed by atoms with E-state index in [0.29, 0.717) is 6.61 Å². The molecule has 0 saturated heterocycles. The third-order valence-corrected chi connectivity index (χ3v) is 2.19. The number of carbonyl (C=O) groups is 1. The van der Waals surface area contributed by atoms with Crippen molar-refractivity contribution in [2.45, 2.75) is 13.8 Å². The van der Waals surface area contributed by atoms with Gasteiger partial charge < -0.3 is 15.6 Å². The molecule has 0 fully saturated rings. The average Bonchev–Trinajstić information content (AvgIpc) is 2.35. The number of hydrogen-bond donors (Lipinski definition) is 2. The van der Waals surface area contributed by atoms with E-state index in [-0.39, 0.29) is 5.57 Å².